The summed E-state index contributed by atoms with van der Waals surface area (Å²) in [6, 6.07) is 4.94. The number of hydrogen-bond acceptors (Lipinski definition) is 6. The number of aromatic nitrogens is 2. The van der Waals surface area contributed by atoms with E-state index in [0.717, 1.165) is 5.39 Å². The van der Waals surface area contributed by atoms with Gasteiger partial charge in [0.25, 0.3) is 11.6 Å². The van der Waals surface area contributed by atoms with Gasteiger partial charge in [0.2, 0.25) is 0 Å². The summed E-state index contributed by atoms with van der Waals surface area (Å²) in [5, 5.41) is 7.51. The maximum absolute atomic E-state index is 12.6. The molecule has 3 aromatic rings. The molecule has 0 aromatic carbocycles. The highest BCUT2D eigenvalue weighted by Gasteiger charge is 2.20. The van der Waals surface area contributed by atoms with Crippen molar-refractivity contribution in [2.24, 2.45) is 5.92 Å². The maximum Gasteiger partial charge on any atom is 0.257 e. The predicted octanol–water partition coefficient (Wildman–Crippen LogP) is 3.27. The molecule has 0 aliphatic rings. The third-order valence-corrected chi connectivity index (χ3v) is 3.70. The molecule has 7 heteroatoms. The van der Waals surface area contributed by atoms with Gasteiger partial charge >= 0.3 is 0 Å². The lowest BCUT2D eigenvalue weighted by Gasteiger charge is -2.17. The van der Waals surface area contributed by atoms with E-state index in [4.69, 9.17) is 13.7 Å². The van der Waals surface area contributed by atoms with Crippen molar-refractivity contribution in [1.82, 2.24) is 15.5 Å². The summed E-state index contributed by atoms with van der Waals surface area (Å²) >= 11 is 0. The number of carbonyl (C=O) groups excluding carboxylic acids is 1. The molecule has 1 atom stereocenters. The highest BCUT2D eigenvalue weighted by molar-refractivity contribution is 5.97. The van der Waals surface area contributed by atoms with Crippen molar-refractivity contribution < 1.29 is 18.5 Å². The summed E-state index contributed by atoms with van der Waals surface area (Å²) in [4.78, 5) is 16.8. The van der Waals surface area contributed by atoms with Crippen LogP contribution in [0.15, 0.2) is 39.6 Å². The van der Waals surface area contributed by atoms with Gasteiger partial charge in [0.05, 0.1) is 29.5 Å². The van der Waals surface area contributed by atoms with E-state index in [-0.39, 0.29) is 11.9 Å². The van der Waals surface area contributed by atoms with Gasteiger partial charge in [-0.25, -0.2) is 4.98 Å². The lowest BCUT2D eigenvalue weighted by atomic mass is 10.1. The number of aryl methyl sites for hydroxylation is 1. The number of nitrogens with zero attached hydrogens (tertiary/aromatic N) is 2. The first-order chi connectivity index (χ1) is 12.0. The second-order valence-electron chi connectivity index (χ2n) is 6.32. The summed E-state index contributed by atoms with van der Waals surface area (Å²) in [5.74, 6) is 0.799. The molecule has 25 heavy (non-hydrogen) atoms. The maximum atomic E-state index is 12.6. The number of rotatable bonds is 7. The Labute approximate surface area is 145 Å². The van der Waals surface area contributed by atoms with Crippen LogP contribution in [0.4, 0.5) is 0 Å². The van der Waals surface area contributed by atoms with Crippen LogP contribution in [-0.4, -0.2) is 29.3 Å². The van der Waals surface area contributed by atoms with Gasteiger partial charge in [-0.05, 0) is 31.0 Å². The lowest BCUT2D eigenvalue weighted by Crippen LogP contribution is -2.31. The van der Waals surface area contributed by atoms with Gasteiger partial charge in [0.15, 0.2) is 0 Å². The molecular weight excluding hydrogens is 322 g/mol. The molecule has 1 N–H and O–H groups in total. The van der Waals surface area contributed by atoms with Crippen LogP contribution in [0.2, 0.25) is 0 Å². The largest absolute Gasteiger partial charge is 0.467 e. The zero-order valence-corrected chi connectivity index (χ0v) is 14.5. The molecule has 0 aliphatic heterocycles. The van der Waals surface area contributed by atoms with Crippen LogP contribution in [0.25, 0.3) is 11.1 Å². The molecule has 3 aromatic heterocycles. The molecule has 0 saturated heterocycles. The van der Waals surface area contributed by atoms with Crippen LogP contribution in [-0.2, 0) is 4.74 Å². The third-order valence-electron chi connectivity index (χ3n) is 3.70. The fourth-order valence-electron chi connectivity index (χ4n) is 2.42. The molecule has 3 rings (SSSR count). The topological polar surface area (TPSA) is 90.4 Å². The van der Waals surface area contributed by atoms with E-state index in [1.54, 1.807) is 25.3 Å². The molecule has 1 amide bonds. The summed E-state index contributed by atoms with van der Waals surface area (Å²) < 4.78 is 16.2. The van der Waals surface area contributed by atoms with E-state index in [2.05, 4.69) is 29.3 Å². The molecule has 3 heterocycles. The van der Waals surface area contributed by atoms with Gasteiger partial charge in [-0.3, -0.25) is 4.79 Å². The Morgan fingerprint density at radius 1 is 1.36 bits per heavy atom. The van der Waals surface area contributed by atoms with Crippen molar-refractivity contribution in [1.29, 1.82) is 0 Å². The second-order valence-corrected chi connectivity index (χ2v) is 6.32. The number of amides is 1. The zero-order valence-electron chi connectivity index (χ0n) is 14.5. The molecule has 0 saturated carbocycles. The second kappa shape index (κ2) is 7.48. The van der Waals surface area contributed by atoms with Crippen LogP contribution in [0.3, 0.4) is 0 Å². The quantitative estimate of drug-likeness (QED) is 0.708. The first kappa shape index (κ1) is 17.2. The summed E-state index contributed by atoms with van der Waals surface area (Å²) in [7, 11) is 0. The number of pyridine rings is 1. The van der Waals surface area contributed by atoms with Crippen LogP contribution in [0.5, 0.6) is 0 Å². The van der Waals surface area contributed by atoms with Crippen molar-refractivity contribution in [3.05, 3.63) is 47.7 Å². The minimum Gasteiger partial charge on any atom is -0.467 e. The van der Waals surface area contributed by atoms with Gasteiger partial charge in [0, 0.05) is 12.8 Å². The van der Waals surface area contributed by atoms with E-state index in [1.807, 2.05) is 6.07 Å². The Hall–Kier alpha value is -2.67. The molecule has 0 unspecified atom stereocenters. The first-order valence-corrected chi connectivity index (χ1v) is 8.18. The Bertz CT molecular complexity index is 839. The molecule has 0 bridgehead atoms. The van der Waals surface area contributed by atoms with E-state index in [1.165, 1.54) is 6.20 Å². The van der Waals surface area contributed by atoms with E-state index in [9.17, 15) is 4.79 Å². The number of hydrogen-bond donors (Lipinski definition) is 1. The Morgan fingerprint density at radius 3 is 2.92 bits per heavy atom. The SMILES string of the molecule is Cc1noc2ncc(C(=O)N[C@H](COCC(C)C)c3ccco3)cc12. The number of ether oxygens (including phenoxy) is 1. The number of nitrogens with one attached hydrogen (secondary N) is 1. The highest BCUT2D eigenvalue weighted by atomic mass is 16.5. The fraction of sp³-hybridized carbons (Fsp3) is 0.389. The minimum absolute atomic E-state index is 0.260. The number of carbonyl (C=O) groups is 1. The van der Waals surface area contributed by atoms with E-state index >= 15 is 0 Å². The fourth-order valence-corrected chi connectivity index (χ4v) is 2.42. The number of furan rings is 1. The van der Waals surface area contributed by atoms with Crippen molar-refractivity contribution in [2.75, 3.05) is 13.2 Å². The smallest absolute Gasteiger partial charge is 0.257 e. The Kier molecular flexibility index (Phi) is 5.14. The van der Waals surface area contributed by atoms with E-state index in [0.29, 0.717) is 41.9 Å². The minimum atomic E-state index is -0.375. The van der Waals surface area contributed by atoms with Crippen LogP contribution >= 0.6 is 0 Å². The molecule has 0 radical (unpaired) electrons. The standard InChI is InChI=1S/C18H21N3O4/c1-11(2)9-23-10-15(16-5-4-6-24-16)20-17(22)13-7-14-12(3)21-25-18(14)19-8-13/h4-8,11,15H,9-10H2,1-3H3,(H,20,22)/t15-/m1/s1. The highest BCUT2D eigenvalue weighted by Crippen LogP contribution is 2.19. The summed E-state index contributed by atoms with van der Waals surface area (Å²) in [5.41, 5.74) is 1.54. The summed E-state index contributed by atoms with van der Waals surface area (Å²) in [6.45, 7) is 6.89. The Balaban J connectivity index is 1.75. The Morgan fingerprint density at radius 2 is 2.20 bits per heavy atom. The normalized spacial score (nSPS) is 12.6. The van der Waals surface area contributed by atoms with Crippen LogP contribution in [0.1, 0.15) is 41.7 Å². The number of fused-ring (bicyclic) bond motifs is 1. The van der Waals surface area contributed by atoms with Crippen molar-refractivity contribution >= 4 is 17.0 Å². The van der Waals surface area contributed by atoms with Gasteiger partial charge < -0.3 is 19.0 Å². The van der Waals surface area contributed by atoms with Gasteiger partial charge in [0.1, 0.15) is 11.8 Å². The molecule has 132 valence electrons. The molecule has 7 nitrogen and oxygen atoms in total. The van der Waals surface area contributed by atoms with Crippen LogP contribution < -0.4 is 5.32 Å². The molecule has 0 aliphatic carbocycles. The van der Waals surface area contributed by atoms with E-state index < -0.39 is 0 Å². The van der Waals surface area contributed by atoms with Gasteiger partial charge in [-0.2, -0.15) is 0 Å². The average Bonchev–Trinajstić information content (AvgIpc) is 3.24. The predicted molar refractivity (Wildman–Crippen MR) is 91.1 cm³/mol. The molecular formula is C18H21N3O4. The third kappa shape index (κ3) is 4.06. The monoisotopic (exact) mass is 343 g/mol. The van der Waals surface area contributed by atoms with Crippen molar-refractivity contribution in [2.45, 2.75) is 26.8 Å². The molecule has 0 fully saturated rings. The summed E-state index contributed by atoms with van der Waals surface area (Å²) in [6.07, 6.45) is 3.04. The first-order valence-electron chi connectivity index (χ1n) is 8.18. The van der Waals surface area contributed by atoms with Crippen molar-refractivity contribution in [3.63, 3.8) is 0 Å². The van der Waals surface area contributed by atoms with Crippen LogP contribution in [0, 0.1) is 12.8 Å². The van der Waals surface area contributed by atoms with Gasteiger partial charge in [-0.15, -0.1) is 0 Å². The average molecular weight is 343 g/mol. The molecule has 0 spiro atoms. The van der Waals surface area contributed by atoms with Crippen molar-refractivity contribution in [3.8, 4) is 0 Å². The van der Waals surface area contributed by atoms with Gasteiger partial charge in [-0.1, -0.05) is 19.0 Å². The lowest BCUT2D eigenvalue weighted by molar-refractivity contribution is 0.0730. The zero-order chi connectivity index (χ0) is 17.8.